The van der Waals surface area contributed by atoms with E-state index in [1.807, 2.05) is 0 Å². The minimum Gasteiger partial charge on any atom is -0.384 e. The number of nitrogens with zero attached hydrogens (tertiary/aromatic N) is 3. The highest BCUT2D eigenvalue weighted by atomic mass is 19.4. The lowest BCUT2D eigenvalue weighted by molar-refractivity contribution is -0.145. The zero-order chi connectivity index (χ0) is 12.8. The zero-order valence-electron chi connectivity index (χ0n) is 9.15. The van der Waals surface area contributed by atoms with E-state index in [-0.39, 0.29) is 11.2 Å². The SMILES string of the molecule is CC(C)(O)c1nc(C(F)(F)F)n2ccncc12. The molecule has 0 atom stereocenters. The molecule has 0 aliphatic carbocycles. The van der Waals surface area contributed by atoms with E-state index in [1.54, 1.807) is 0 Å². The summed E-state index contributed by atoms with van der Waals surface area (Å²) in [6.45, 7) is 2.75. The van der Waals surface area contributed by atoms with Crippen LogP contribution in [0.2, 0.25) is 0 Å². The molecule has 0 unspecified atom stereocenters. The molecule has 0 aliphatic heterocycles. The van der Waals surface area contributed by atoms with Gasteiger partial charge in [0.1, 0.15) is 5.60 Å². The number of aromatic nitrogens is 3. The summed E-state index contributed by atoms with van der Waals surface area (Å²) in [5.41, 5.74) is -1.36. The Morgan fingerprint density at radius 3 is 2.47 bits per heavy atom. The van der Waals surface area contributed by atoms with Crippen LogP contribution in [-0.2, 0) is 11.8 Å². The molecule has 0 aliphatic rings. The van der Waals surface area contributed by atoms with Crippen molar-refractivity contribution in [3.8, 4) is 0 Å². The second-order valence-corrected chi connectivity index (χ2v) is 4.17. The quantitative estimate of drug-likeness (QED) is 0.835. The van der Waals surface area contributed by atoms with Crippen LogP contribution in [0, 0.1) is 0 Å². The highest BCUT2D eigenvalue weighted by Crippen LogP contribution is 2.32. The van der Waals surface area contributed by atoms with Gasteiger partial charge in [-0.05, 0) is 13.8 Å². The maximum Gasteiger partial charge on any atom is 0.450 e. The third kappa shape index (κ3) is 1.97. The van der Waals surface area contributed by atoms with Crippen LogP contribution in [0.1, 0.15) is 25.4 Å². The van der Waals surface area contributed by atoms with Crippen molar-refractivity contribution in [3.63, 3.8) is 0 Å². The molecule has 0 fully saturated rings. The molecule has 4 nitrogen and oxygen atoms in total. The average Bonchev–Trinajstić information content (AvgIpc) is 2.55. The summed E-state index contributed by atoms with van der Waals surface area (Å²) in [6, 6.07) is 0. The molecule has 0 radical (unpaired) electrons. The van der Waals surface area contributed by atoms with E-state index < -0.39 is 17.6 Å². The summed E-state index contributed by atoms with van der Waals surface area (Å²) in [5, 5.41) is 9.80. The third-order valence-electron chi connectivity index (χ3n) is 2.28. The first-order chi connectivity index (χ1) is 7.71. The summed E-state index contributed by atoms with van der Waals surface area (Å²) in [6.07, 6.45) is -0.929. The van der Waals surface area contributed by atoms with Crippen molar-refractivity contribution in [1.29, 1.82) is 0 Å². The number of halogens is 3. The molecule has 92 valence electrons. The van der Waals surface area contributed by atoms with Gasteiger partial charge >= 0.3 is 6.18 Å². The normalized spacial score (nSPS) is 13.3. The molecule has 1 N–H and O–H groups in total. The molecule has 2 aromatic heterocycles. The number of rotatable bonds is 1. The third-order valence-corrected chi connectivity index (χ3v) is 2.28. The first-order valence-electron chi connectivity index (χ1n) is 4.83. The lowest BCUT2D eigenvalue weighted by Gasteiger charge is -2.14. The minimum absolute atomic E-state index is 0.0436. The molecule has 2 rings (SSSR count). The molecular formula is C10H10F3N3O. The van der Waals surface area contributed by atoms with Gasteiger partial charge in [-0.2, -0.15) is 13.2 Å². The van der Waals surface area contributed by atoms with E-state index in [4.69, 9.17) is 0 Å². The average molecular weight is 245 g/mol. The van der Waals surface area contributed by atoms with E-state index in [9.17, 15) is 18.3 Å². The number of hydrogen-bond acceptors (Lipinski definition) is 3. The maximum absolute atomic E-state index is 12.7. The number of aliphatic hydroxyl groups is 1. The Morgan fingerprint density at radius 1 is 1.29 bits per heavy atom. The number of imidazole rings is 1. The summed E-state index contributed by atoms with van der Waals surface area (Å²) in [4.78, 5) is 7.22. The molecule has 7 heteroatoms. The fourth-order valence-corrected chi connectivity index (χ4v) is 1.59. The second-order valence-electron chi connectivity index (χ2n) is 4.17. The van der Waals surface area contributed by atoms with Crippen molar-refractivity contribution < 1.29 is 18.3 Å². The minimum atomic E-state index is -4.58. The Kier molecular flexibility index (Phi) is 2.39. The van der Waals surface area contributed by atoms with Crippen molar-refractivity contribution in [2.24, 2.45) is 0 Å². The number of fused-ring (bicyclic) bond motifs is 1. The lowest BCUT2D eigenvalue weighted by Crippen LogP contribution is -2.17. The molecule has 0 bridgehead atoms. The van der Waals surface area contributed by atoms with E-state index in [2.05, 4.69) is 9.97 Å². The summed E-state index contributed by atoms with van der Waals surface area (Å²) >= 11 is 0. The molecule has 0 saturated carbocycles. The summed E-state index contributed by atoms with van der Waals surface area (Å²) in [7, 11) is 0. The van der Waals surface area contributed by atoms with Crippen molar-refractivity contribution in [2.45, 2.75) is 25.6 Å². The highest BCUT2D eigenvalue weighted by Gasteiger charge is 2.39. The van der Waals surface area contributed by atoms with E-state index >= 15 is 0 Å². The van der Waals surface area contributed by atoms with Gasteiger partial charge in [0.15, 0.2) is 0 Å². The van der Waals surface area contributed by atoms with Gasteiger partial charge in [0, 0.05) is 12.4 Å². The van der Waals surface area contributed by atoms with E-state index in [1.165, 1.54) is 32.4 Å². The monoisotopic (exact) mass is 245 g/mol. The predicted molar refractivity (Wildman–Crippen MR) is 53.2 cm³/mol. The Bertz CT molecular complexity index is 506. The fraction of sp³-hybridized carbons (Fsp3) is 0.400. The standard InChI is InChI=1S/C10H10F3N3O/c1-9(2,17)7-6-5-14-3-4-16(6)8(15-7)10(11,12)13/h3-5,17H,1-2H3. The van der Waals surface area contributed by atoms with Gasteiger partial charge < -0.3 is 5.11 Å². The van der Waals surface area contributed by atoms with Crippen LogP contribution in [0.5, 0.6) is 0 Å². The van der Waals surface area contributed by atoms with Crippen LogP contribution in [0.15, 0.2) is 18.6 Å². The molecule has 0 spiro atoms. The van der Waals surface area contributed by atoms with E-state index in [0.717, 1.165) is 4.40 Å². The highest BCUT2D eigenvalue weighted by molar-refractivity contribution is 5.53. The molecule has 0 amide bonds. The fourth-order valence-electron chi connectivity index (χ4n) is 1.59. The van der Waals surface area contributed by atoms with Gasteiger partial charge in [0.05, 0.1) is 17.4 Å². The van der Waals surface area contributed by atoms with Crippen LogP contribution >= 0.6 is 0 Å². The van der Waals surface area contributed by atoms with Crippen molar-refractivity contribution in [1.82, 2.24) is 14.4 Å². The first kappa shape index (κ1) is 11.8. The van der Waals surface area contributed by atoms with Gasteiger partial charge in [0.2, 0.25) is 5.82 Å². The van der Waals surface area contributed by atoms with Crippen molar-refractivity contribution in [2.75, 3.05) is 0 Å². The van der Waals surface area contributed by atoms with Gasteiger partial charge in [-0.25, -0.2) is 4.98 Å². The largest absolute Gasteiger partial charge is 0.450 e. The topological polar surface area (TPSA) is 50.4 Å². The molecule has 2 aromatic rings. The van der Waals surface area contributed by atoms with Gasteiger partial charge in [-0.3, -0.25) is 9.38 Å². The Morgan fingerprint density at radius 2 is 1.94 bits per heavy atom. The first-order valence-corrected chi connectivity index (χ1v) is 4.83. The Balaban J connectivity index is 2.81. The molecule has 2 heterocycles. The summed E-state index contributed by atoms with van der Waals surface area (Å²) in [5.74, 6) is -1.06. The number of hydrogen-bond donors (Lipinski definition) is 1. The van der Waals surface area contributed by atoms with Gasteiger partial charge in [-0.15, -0.1) is 0 Å². The van der Waals surface area contributed by atoms with Crippen LogP contribution < -0.4 is 0 Å². The number of alkyl halides is 3. The maximum atomic E-state index is 12.7. The van der Waals surface area contributed by atoms with E-state index in [0.29, 0.717) is 0 Å². The Hall–Kier alpha value is -1.63. The smallest absolute Gasteiger partial charge is 0.384 e. The van der Waals surface area contributed by atoms with Crippen molar-refractivity contribution in [3.05, 3.63) is 30.1 Å². The van der Waals surface area contributed by atoms with Crippen LogP contribution in [-0.4, -0.2) is 19.5 Å². The van der Waals surface area contributed by atoms with Crippen molar-refractivity contribution >= 4 is 5.52 Å². The van der Waals surface area contributed by atoms with Crippen LogP contribution in [0.3, 0.4) is 0 Å². The van der Waals surface area contributed by atoms with Gasteiger partial charge in [-0.1, -0.05) is 0 Å². The predicted octanol–water partition coefficient (Wildman–Crippen LogP) is 1.98. The second kappa shape index (κ2) is 3.43. The van der Waals surface area contributed by atoms with Crippen LogP contribution in [0.25, 0.3) is 5.52 Å². The molecule has 0 saturated heterocycles. The zero-order valence-corrected chi connectivity index (χ0v) is 9.15. The lowest BCUT2D eigenvalue weighted by atomic mass is 10.1. The summed E-state index contributed by atoms with van der Waals surface area (Å²) < 4.78 is 39.1. The molecule has 0 aromatic carbocycles. The van der Waals surface area contributed by atoms with Gasteiger partial charge in [0.25, 0.3) is 0 Å². The Labute approximate surface area is 94.7 Å². The van der Waals surface area contributed by atoms with Crippen LogP contribution in [0.4, 0.5) is 13.2 Å². The molecular weight excluding hydrogens is 235 g/mol. The molecule has 17 heavy (non-hydrogen) atoms.